The van der Waals surface area contributed by atoms with Crippen molar-refractivity contribution in [2.75, 3.05) is 0 Å². The highest BCUT2D eigenvalue weighted by atomic mass is 16.5. The smallest absolute Gasteiger partial charge is 0.229 e. The van der Waals surface area contributed by atoms with Gasteiger partial charge in [0.15, 0.2) is 0 Å². The number of rotatable bonds is 4. The minimum Gasteiger partial charge on any atom is -0.393 e. The lowest BCUT2D eigenvalue weighted by molar-refractivity contribution is 0.158. The van der Waals surface area contributed by atoms with Crippen LogP contribution in [0.1, 0.15) is 25.1 Å². The van der Waals surface area contributed by atoms with Crippen molar-refractivity contribution in [3.05, 3.63) is 24.0 Å². The fraction of sp³-hybridized carbons (Fsp3) is 0.455. The molecule has 17 heavy (non-hydrogen) atoms. The maximum Gasteiger partial charge on any atom is 0.229 e. The number of hydrogen-bond donors (Lipinski definition) is 1. The molecule has 0 fully saturated rings. The molecular weight excluding hydrogens is 220 g/mol. The highest BCUT2D eigenvalue weighted by Gasteiger charge is 2.12. The summed E-state index contributed by atoms with van der Waals surface area (Å²) < 4.78 is 5.05. The topological polar surface area (TPSA) is 84.9 Å². The summed E-state index contributed by atoms with van der Waals surface area (Å²) in [6.07, 6.45) is 2.22. The van der Waals surface area contributed by atoms with E-state index in [0.29, 0.717) is 36.1 Å². The van der Waals surface area contributed by atoms with E-state index in [9.17, 15) is 5.11 Å². The largest absolute Gasteiger partial charge is 0.393 e. The van der Waals surface area contributed by atoms with Crippen molar-refractivity contribution >= 4 is 0 Å². The van der Waals surface area contributed by atoms with Crippen LogP contribution in [0, 0.1) is 6.92 Å². The molecule has 2 heterocycles. The summed E-state index contributed by atoms with van der Waals surface area (Å²) in [6.45, 7) is 3.70. The van der Waals surface area contributed by atoms with E-state index in [1.54, 1.807) is 19.2 Å². The first kappa shape index (κ1) is 11.7. The van der Waals surface area contributed by atoms with Gasteiger partial charge in [0.1, 0.15) is 11.5 Å². The van der Waals surface area contributed by atoms with Gasteiger partial charge in [0.2, 0.25) is 11.7 Å². The minimum atomic E-state index is -0.449. The fourth-order valence-electron chi connectivity index (χ4n) is 1.37. The molecule has 2 aromatic rings. The van der Waals surface area contributed by atoms with E-state index in [2.05, 4.69) is 20.1 Å². The SMILES string of the molecule is CCC(O)Cc1nc(-c2ccnc(C)n2)no1. The Labute approximate surface area is 98.7 Å². The molecule has 0 saturated heterocycles. The van der Waals surface area contributed by atoms with Gasteiger partial charge in [0.25, 0.3) is 0 Å². The molecule has 0 saturated carbocycles. The zero-order chi connectivity index (χ0) is 12.3. The van der Waals surface area contributed by atoms with Gasteiger partial charge in [0.05, 0.1) is 12.5 Å². The van der Waals surface area contributed by atoms with Gasteiger partial charge >= 0.3 is 0 Å². The molecule has 90 valence electrons. The van der Waals surface area contributed by atoms with Crippen LogP contribution in [0.4, 0.5) is 0 Å². The van der Waals surface area contributed by atoms with Crippen molar-refractivity contribution in [3.8, 4) is 11.5 Å². The second-order valence-corrected chi connectivity index (χ2v) is 3.77. The normalized spacial score (nSPS) is 12.6. The van der Waals surface area contributed by atoms with Crippen molar-refractivity contribution in [3.63, 3.8) is 0 Å². The van der Waals surface area contributed by atoms with Crippen LogP contribution in [0.3, 0.4) is 0 Å². The molecule has 2 rings (SSSR count). The highest BCUT2D eigenvalue weighted by molar-refractivity contribution is 5.46. The predicted molar refractivity (Wildman–Crippen MR) is 60.1 cm³/mol. The van der Waals surface area contributed by atoms with Crippen LogP contribution in [0.2, 0.25) is 0 Å². The Morgan fingerprint density at radius 3 is 2.94 bits per heavy atom. The average Bonchev–Trinajstić information content (AvgIpc) is 2.77. The molecule has 0 radical (unpaired) electrons. The summed E-state index contributed by atoms with van der Waals surface area (Å²) in [5, 5.41) is 13.3. The number of aromatic nitrogens is 4. The van der Waals surface area contributed by atoms with Gasteiger partial charge in [-0.25, -0.2) is 9.97 Å². The van der Waals surface area contributed by atoms with Crippen LogP contribution in [0.25, 0.3) is 11.5 Å². The lowest BCUT2D eigenvalue weighted by Gasteiger charge is -2.01. The van der Waals surface area contributed by atoms with Gasteiger partial charge in [-0.05, 0) is 19.4 Å². The first-order chi connectivity index (χ1) is 8.19. The molecule has 0 aliphatic carbocycles. The number of nitrogens with zero attached hydrogens (tertiary/aromatic N) is 4. The van der Waals surface area contributed by atoms with E-state index in [0.717, 1.165) is 0 Å². The average molecular weight is 234 g/mol. The van der Waals surface area contributed by atoms with Gasteiger partial charge in [-0.3, -0.25) is 0 Å². The Kier molecular flexibility index (Phi) is 3.43. The van der Waals surface area contributed by atoms with Crippen molar-refractivity contribution in [2.45, 2.75) is 32.8 Å². The molecule has 1 unspecified atom stereocenters. The zero-order valence-electron chi connectivity index (χ0n) is 9.79. The van der Waals surface area contributed by atoms with Crippen LogP contribution >= 0.6 is 0 Å². The molecule has 0 bridgehead atoms. The second-order valence-electron chi connectivity index (χ2n) is 3.77. The van der Waals surface area contributed by atoms with Crippen LogP contribution in [-0.2, 0) is 6.42 Å². The van der Waals surface area contributed by atoms with Gasteiger partial charge < -0.3 is 9.63 Å². The molecule has 6 heteroatoms. The van der Waals surface area contributed by atoms with E-state index in [-0.39, 0.29) is 0 Å². The second kappa shape index (κ2) is 5.01. The van der Waals surface area contributed by atoms with E-state index < -0.39 is 6.10 Å². The number of aliphatic hydroxyl groups excluding tert-OH is 1. The van der Waals surface area contributed by atoms with Crippen LogP contribution in [0.15, 0.2) is 16.8 Å². The minimum absolute atomic E-state index is 0.369. The van der Waals surface area contributed by atoms with Crippen molar-refractivity contribution in [1.82, 2.24) is 20.1 Å². The Morgan fingerprint density at radius 1 is 1.41 bits per heavy atom. The summed E-state index contributed by atoms with van der Waals surface area (Å²) in [6, 6.07) is 1.72. The third-order valence-electron chi connectivity index (χ3n) is 2.35. The van der Waals surface area contributed by atoms with Crippen molar-refractivity contribution in [1.29, 1.82) is 0 Å². The maximum atomic E-state index is 9.48. The third-order valence-corrected chi connectivity index (χ3v) is 2.35. The van der Waals surface area contributed by atoms with E-state index in [1.165, 1.54) is 0 Å². The molecule has 2 aromatic heterocycles. The monoisotopic (exact) mass is 234 g/mol. The fourth-order valence-corrected chi connectivity index (χ4v) is 1.37. The molecule has 6 nitrogen and oxygen atoms in total. The van der Waals surface area contributed by atoms with E-state index in [1.807, 2.05) is 6.92 Å². The molecule has 0 spiro atoms. The lowest BCUT2D eigenvalue weighted by atomic mass is 10.2. The molecule has 0 aromatic carbocycles. The first-order valence-corrected chi connectivity index (χ1v) is 5.49. The Morgan fingerprint density at radius 2 is 2.24 bits per heavy atom. The number of aryl methyl sites for hydroxylation is 1. The first-order valence-electron chi connectivity index (χ1n) is 5.49. The third kappa shape index (κ3) is 2.85. The van der Waals surface area contributed by atoms with Crippen LogP contribution in [0.5, 0.6) is 0 Å². The van der Waals surface area contributed by atoms with Crippen LogP contribution in [-0.4, -0.2) is 31.3 Å². The highest BCUT2D eigenvalue weighted by Crippen LogP contribution is 2.13. The maximum absolute atomic E-state index is 9.48. The van der Waals surface area contributed by atoms with E-state index >= 15 is 0 Å². The Hall–Kier alpha value is -1.82. The van der Waals surface area contributed by atoms with Crippen LogP contribution < -0.4 is 0 Å². The Balaban J connectivity index is 2.18. The standard InChI is InChI=1S/C11H14N4O2/c1-3-8(16)6-10-14-11(15-17-10)9-4-5-12-7(2)13-9/h4-5,8,16H,3,6H2,1-2H3. The van der Waals surface area contributed by atoms with Gasteiger partial charge in [0, 0.05) is 6.20 Å². The predicted octanol–water partition coefficient (Wildman–Crippen LogP) is 1.15. The summed E-state index contributed by atoms with van der Waals surface area (Å²) in [5.41, 5.74) is 0.624. The summed E-state index contributed by atoms with van der Waals surface area (Å²) in [4.78, 5) is 12.4. The van der Waals surface area contributed by atoms with Gasteiger partial charge in [-0.2, -0.15) is 4.98 Å². The summed E-state index contributed by atoms with van der Waals surface area (Å²) in [5.74, 6) is 1.50. The van der Waals surface area contributed by atoms with E-state index in [4.69, 9.17) is 4.52 Å². The lowest BCUT2D eigenvalue weighted by Crippen LogP contribution is -2.08. The van der Waals surface area contributed by atoms with Gasteiger partial charge in [-0.15, -0.1) is 0 Å². The quantitative estimate of drug-likeness (QED) is 0.854. The molecule has 0 aliphatic rings. The molecular formula is C11H14N4O2. The molecule has 0 amide bonds. The van der Waals surface area contributed by atoms with Gasteiger partial charge in [-0.1, -0.05) is 12.1 Å². The number of hydrogen-bond acceptors (Lipinski definition) is 6. The molecule has 1 N–H and O–H groups in total. The summed E-state index contributed by atoms with van der Waals surface area (Å²) in [7, 11) is 0. The molecule has 1 atom stereocenters. The number of aliphatic hydroxyl groups is 1. The summed E-state index contributed by atoms with van der Waals surface area (Å²) >= 11 is 0. The van der Waals surface area contributed by atoms with Crippen molar-refractivity contribution in [2.24, 2.45) is 0 Å². The Bertz CT molecular complexity index is 498. The molecule has 0 aliphatic heterocycles. The zero-order valence-corrected chi connectivity index (χ0v) is 9.79. The van der Waals surface area contributed by atoms with Crippen molar-refractivity contribution < 1.29 is 9.63 Å².